The average Bonchev–Trinajstić information content (AvgIpc) is 2.42. The number of hydrogen-bond donors (Lipinski definition) is 0. The van der Waals surface area contributed by atoms with Crippen molar-refractivity contribution < 1.29 is 4.21 Å². The molecule has 0 saturated heterocycles. The van der Waals surface area contributed by atoms with E-state index in [4.69, 9.17) is 0 Å². The van der Waals surface area contributed by atoms with Gasteiger partial charge in [0.25, 0.3) is 0 Å². The van der Waals surface area contributed by atoms with Gasteiger partial charge in [0.15, 0.2) is 0 Å². The van der Waals surface area contributed by atoms with Gasteiger partial charge in [0.05, 0.1) is 15.7 Å². The van der Waals surface area contributed by atoms with Crippen molar-refractivity contribution in [3.63, 3.8) is 0 Å². The van der Waals surface area contributed by atoms with Gasteiger partial charge in [-0.1, -0.05) is 55.1 Å². The zero-order valence-corrected chi connectivity index (χ0v) is 10.1. The summed E-state index contributed by atoms with van der Waals surface area (Å²) in [6.07, 6.45) is 0. The molecule has 0 amide bonds. The summed E-state index contributed by atoms with van der Waals surface area (Å²) in [4.78, 5) is 1.39. The lowest BCUT2D eigenvalue weighted by Gasteiger charge is -2.05. The zero-order valence-electron chi connectivity index (χ0n) is 9.30. The van der Waals surface area contributed by atoms with E-state index in [1.165, 1.54) is 0 Å². The van der Waals surface area contributed by atoms with Crippen molar-refractivity contribution in [2.24, 2.45) is 0 Å². The minimum Gasteiger partial charge on any atom is -0.248 e. The van der Waals surface area contributed by atoms with Crippen LogP contribution >= 0.6 is 0 Å². The Labute approximate surface area is 104 Å². The molecule has 0 radical (unpaired) electrons. The van der Waals surface area contributed by atoms with Crippen LogP contribution in [0.4, 0.5) is 0 Å². The van der Waals surface area contributed by atoms with Crippen LogP contribution < -0.4 is 0 Å². The van der Waals surface area contributed by atoms with Crippen molar-refractivity contribution in [2.75, 3.05) is 0 Å². The standard InChI is InChI=1S/C15H12OS/c1-2-15(13-9-5-3-6-10-13)17(16)14-11-7-4-8-12-14/h3-12H,1H2. The fourth-order valence-corrected chi connectivity index (χ4v) is 2.65. The molecule has 2 rings (SSSR count). The zero-order chi connectivity index (χ0) is 12.1. The van der Waals surface area contributed by atoms with E-state index >= 15 is 0 Å². The molecule has 0 aliphatic heterocycles. The first kappa shape index (κ1) is 11.6. The fourth-order valence-electron chi connectivity index (χ4n) is 1.53. The number of rotatable bonds is 3. The Kier molecular flexibility index (Phi) is 3.71. The Hall–Kier alpha value is -1.89. The summed E-state index contributed by atoms with van der Waals surface area (Å²) in [7, 11) is -1.23. The van der Waals surface area contributed by atoms with Crippen LogP contribution in [0.1, 0.15) is 5.56 Å². The molecular weight excluding hydrogens is 228 g/mol. The van der Waals surface area contributed by atoms with E-state index in [0.717, 1.165) is 10.5 Å². The molecule has 2 heteroatoms. The van der Waals surface area contributed by atoms with Crippen molar-refractivity contribution in [1.29, 1.82) is 0 Å². The second-order valence-electron chi connectivity index (χ2n) is 3.45. The van der Waals surface area contributed by atoms with Gasteiger partial charge < -0.3 is 0 Å². The van der Waals surface area contributed by atoms with Crippen LogP contribution in [0, 0.1) is 0 Å². The maximum absolute atomic E-state index is 12.3. The van der Waals surface area contributed by atoms with E-state index in [9.17, 15) is 4.21 Å². The summed E-state index contributed by atoms with van der Waals surface area (Å²) in [6, 6.07) is 18.9. The van der Waals surface area contributed by atoms with Gasteiger partial charge in [-0.3, -0.25) is 0 Å². The van der Waals surface area contributed by atoms with Crippen LogP contribution in [0.3, 0.4) is 0 Å². The summed E-state index contributed by atoms with van der Waals surface area (Å²) in [5.74, 6) is 0. The molecule has 1 unspecified atom stereocenters. The van der Waals surface area contributed by atoms with Gasteiger partial charge >= 0.3 is 0 Å². The molecule has 0 heterocycles. The van der Waals surface area contributed by atoms with Gasteiger partial charge in [0.1, 0.15) is 0 Å². The predicted molar refractivity (Wildman–Crippen MR) is 71.8 cm³/mol. The highest BCUT2D eigenvalue weighted by atomic mass is 32.2. The molecule has 2 aromatic rings. The van der Waals surface area contributed by atoms with Gasteiger partial charge in [-0.25, -0.2) is 4.21 Å². The second kappa shape index (κ2) is 5.44. The third-order valence-electron chi connectivity index (χ3n) is 2.34. The Bertz CT molecular complexity index is 566. The van der Waals surface area contributed by atoms with Crippen LogP contribution in [0.5, 0.6) is 0 Å². The van der Waals surface area contributed by atoms with Crippen molar-refractivity contribution in [1.82, 2.24) is 0 Å². The van der Waals surface area contributed by atoms with Crippen molar-refractivity contribution >= 4 is 15.7 Å². The van der Waals surface area contributed by atoms with Crippen LogP contribution in [-0.4, -0.2) is 4.21 Å². The highest BCUT2D eigenvalue weighted by Gasteiger charge is 2.11. The fraction of sp³-hybridized carbons (Fsp3) is 0. The molecular formula is C15H12OS. The topological polar surface area (TPSA) is 17.1 Å². The van der Waals surface area contributed by atoms with Crippen molar-refractivity contribution in [3.05, 3.63) is 78.5 Å². The molecule has 0 saturated carbocycles. The van der Waals surface area contributed by atoms with Crippen molar-refractivity contribution in [2.45, 2.75) is 4.90 Å². The molecule has 0 aliphatic rings. The normalized spacial score (nSPS) is 11.5. The first-order chi connectivity index (χ1) is 8.33. The van der Waals surface area contributed by atoms with Gasteiger partial charge in [0, 0.05) is 4.90 Å². The smallest absolute Gasteiger partial charge is 0.0934 e. The molecule has 0 fully saturated rings. The van der Waals surface area contributed by atoms with Crippen LogP contribution in [0.15, 0.2) is 77.9 Å². The minimum atomic E-state index is -1.23. The molecule has 0 aromatic heterocycles. The van der Waals surface area contributed by atoms with E-state index in [-0.39, 0.29) is 0 Å². The SMILES string of the molecule is C=C=C(c1ccccc1)S(=O)c1ccccc1. The van der Waals surface area contributed by atoms with Gasteiger partial charge in [-0.15, -0.1) is 5.73 Å². The lowest BCUT2D eigenvalue weighted by molar-refractivity contribution is 0.689. The third-order valence-corrected chi connectivity index (χ3v) is 3.79. The van der Waals surface area contributed by atoms with E-state index in [1.54, 1.807) is 0 Å². The molecule has 0 N–H and O–H groups in total. The van der Waals surface area contributed by atoms with E-state index in [2.05, 4.69) is 12.3 Å². The van der Waals surface area contributed by atoms with Gasteiger partial charge in [-0.2, -0.15) is 0 Å². The van der Waals surface area contributed by atoms with E-state index in [1.807, 2.05) is 60.7 Å². The summed E-state index contributed by atoms with van der Waals surface area (Å²) in [6.45, 7) is 3.63. The molecule has 1 nitrogen and oxygen atoms in total. The van der Waals surface area contributed by atoms with E-state index < -0.39 is 10.8 Å². The quantitative estimate of drug-likeness (QED) is 0.749. The first-order valence-electron chi connectivity index (χ1n) is 5.25. The van der Waals surface area contributed by atoms with Crippen LogP contribution in [0.2, 0.25) is 0 Å². The molecule has 0 spiro atoms. The summed E-state index contributed by atoms with van der Waals surface area (Å²) in [5, 5.41) is 0. The summed E-state index contributed by atoms with van der Waals surface area (Å²) in [5.41, 5.74) is 3.68. The molecule has 17 heavy (non-hydrogen) atoms. The molecule has 84 valence electrons. The minimum absolute atomic E-state index is 0.622. The Morgan fingerprint density at radius 3 is 2.00 bits per heavy atom. The largest absolute Gasteiger partial charge is 0.248 e. The molecule has 0 aliphatic carbocycles. The second-order valence-corrected chi connectivity index (χ2v) is 4.87. The lowest BCUT2D eigenvalue weighted by Crippen LogP contribution is -1.94. The van der Waals surface area contributed by atoms with E-state index in [0.29, 0.717) is 4.91 Å². The highest BCUT2D eigenvalue weighted by molar-refractivity contribution is 7.94. The molecule has 0 bridgehead atoms. The van der Waals surface area contributed by atoms with Gasteiger partial charge in [0.2, 0.25) is 0 Å². The maximum Gasteiger partial charge on any atom is 0.0934 e. The third kappa shape index (κ3) is 2.62. The Balaban J connectivity index is 2.40. The Morgan fingerprint density at radius 1 is 0.941 bits per heavy atom. The molecule has 1 atom stereocenters. The van der Waals surface area contributed by atoms with Crippen LogP contribution in [-0.2, 0) is 10.8 Å². The first-order valence-corrected chi connectivity index (χ1v) is 6.40. The number of hydrogen-bond acceptors (Lipinski definition) is 1. The number of benzene rings is 2. The summed E-state index contributed by atoms with van der Waals surface area (Å²) < 4.78 is 12.3. The molecule has 2 aromatic carbocycles. The summed E-state index contributed by atoms with van der Waals surface area (Å²) >= 11 is 0. The Morgan fingerprint density at radius 2 is 1.47 bits per heavy atom. The van der Waals surface area contributed by atoms with Crippen molar-refractivity contribution in [3.8, 4) is 0 Å². The monoisotopic (exact) mass is 240 g/mol. The predicted octanol–water partition coefficient (Wildman–Crippen LogP) is 3.62. The highest BCUT2D eigenvalue weighted by Crippen LogP contribution is 2.22. The lowest BCUT2D eigenvalue weighted by atomic mass is 10.2. The maximum atomic E-state index is 12.3. The average molecular weight is 240 g/mol. The van der Waals surface area contributed by atoms with Gasteiger partial charge in [-0.05, 0) is 17.7 Å². The van der Waals surface area contributed by atoms with Crippen LogP contribution in [0.25, 0.3) is 4.91 Å².